The first-order valence-corrected chi connectivity index (χ1v) is 8.42. The van der Waals surface area contributed by atoms with Crippen LogP contribution in [-0.2, 0) is 14.2 Å². The van der Waals surface area contributed by atoms with Crippen molar-refractivity contribution in [3.05, 3.63) is 0 Å². The van der Waals surface area contributed by atoms with Gasteiger partial charge in [0.2, 0.25) is 0 Å². The SMILES string of the molecule is CC1O[C@@H](CO)C(OC2OC(CO)C(O)C(O)C2O)C(O)C1O.CCO. The lowest BCUT2D eigenvalue weighted by molar-refractivity contribution is -0.341. The molecule has 156 valence electrons. The van der Waals surface area contributed by atoms with Crippen molar-refractivity contribution < 1.29 is 55.1 Å². The van der Waals surface area contributed by atoms with Gasteiger partial charge >= 0.3 is 0 Å². The minimum Gasteiger partial charge on any atom is -0.397 e. The standard InChI is InChI=1S/C13H24O10.C2H6O/c1-4-7(16)10(19)12(6(3-15)21-4)23-13-11(20)9(18)8(17)5(2-14)22-13;1-2-3/h4-20H,2-3H2,1H3;3H,2H2,1H3/t4?,5?,6-,7?,8?,9?,10?,11?,12?,13?;/m0./s1. The Kier molecular flexibility index (Phi) is 9.79. The minimum absolute atomic E-state index is 0.250. The normalized spacial score (nSPS) is 46.4. The highest BCUT2D eigenvalue weighted by Crippen LogP contribution is 2.28. The maximum Gasteiger partial charge on any atom is 0.187 e. The quantitative estimate of drug-likeness (QED) is 0.233. The summed E-state index contributed by atoms with van der Waals surface area (Å²) in [6, 6.07) is 0. The molecule has 0 bridgehead atoms. The maximum atomic E-state index is 10.1. The number of rotatable bonds is 4. The number of aliphatic hydroxyl groups excluding tert-OH is 8. The first-order valence-electron chi connectivity index (χ1n) is 8.42. The molecule has 2 heterocycles. The van der Waals surface area contributed by atoms with Crippen molar-refractivity contribution in [2.75, 3.05) is 19.8 Å². The minimum atomic E-state index is -1.66. The van der Waals surface area contributed by atoms with E-state index in [2.05, 4.69) is 0 Å². The first kappa shape index (κ1) is 23.6. The summed E-state index contributed by atoms with van der Waals surface area (Å²) in [6.07, 6.45) is -13.2. The smallest absolute Gasteiger partial charge is 0.187 e. The van der Waals surface area contributed by atoms with Crippen LogP contribution >= 0.6 is 0 Å². The summed E-state index contributed by atoms with van der Waals surface area (Å²) in [5.74, 6) is 0. The second kappa shape index (κ2) is 10.8. The van der Waals surface area contributed by atoms with Gasteiger partial charge in [0.15, 0.2) is 6.29 Å². The van der Waals surface area contributed by atoms with Crippen LogP contribution in [0.2, 0.25) is 0 Å². The van der Waals surface area contributed by atoms with Gasteiger partial charge in [-0.05, 0) is 13.8 Å². The maximum absolute atomic E-state index is 10.1. The largest absolute Gasteiger partial charge is 0.397 e. The van der Waals surface area contributed by atoms with Gasteiger partial charge in [-0.1, -0.05) is 0 Å². The lowest BCUT2D eigenvalue weighted by Crippen LogP contribution is -2.64. The summed E-state index contributed by atoms with van der Waals surface area (Å²) in [5, 5.41) is 75.3. The van der Waals surface area contributed by atoms with Crippen LogP contribution in [0.3, 0.4) is 0 Å². The highest BCUT2D eigenvalue weighted by atomic mass is 16.7. The van der Waals surface area contributed by atoms with E-state index in [-0.39, 0.29) is 6.61 Å². The molecule has 0 amide bonds. The van der Waals surface area contributed by atoms with E-state index in [0.29, 0.717) is 0 Å². The van der Waals surface area contributed by atoms with Crippen molar-refractivity contribution in [3.8, 4) is 0 Å². The molecule has 0 saturated carbocycles. The van der Waals surface area contributed by atoms with Crippen LogP contribution in [-0.4, -0.2) is 122 Å². The Bertz CT molecular complexity index is 394. The monoisotopic (exact) mass is 386 g/mol. The second-order valence-electron chi connectivity index (χ2n) is 6.16. The molecule has 11 nitrogen and oxygen atoms in total. The zero-order chi connectivity index (χ0) is 20.0. The Morgan fingerprint density at radius 1 is 0.731 bits per heavy atom. The summed E-state index contributed by atoms with van der Waals surface area (Å²) in [6.45, 7) is 2.30. The van der Waals surface area contributed by atoms with Crippen LogP contribution in [0, 0.1) is 0 Å². The Morgan fingerprint density at radius 3 is 1.77 bits per heavy atom. The third-order valence-electron chi connectivity index (χ3n) is 4.24. The molecule has 10 atom stereocenters. The molecular formula is C15H30O11. The molecule has 2 saturated heterocycles. The highest BCUT2D eigenvalue weighted by Gasteiger charge is 2.49. The van der Waals surface area contributed by atoms with Gasteiger partial charge < -0.3 is 55.1 Å². The van der Waals surface area contributed by atoms with Gasteiger partial charge in [0.25, 0.3) is 0 Å². The summed E-state index contributed by atoms with van der Waals surface area (Å²) in [7, 11) is 0. The van der Waals surface area contributed by atoms with E-state index >= 15 is 0 Å². The van der Waals surface area contributed by atoms with E-state index in [1.54, 1.807) is 6.92 Å². The number of aliphatic hydroxyl groups is 8. The van der Waals surface area contributed by atoms with Crippen molar-refractivity contribution in [1.29, 1.82) is 0 Å². The third-order valence-corrected chi connectivity index (χ3v) is 4.24. The van der Waals surface area contributed by atoms with Crippen molar-refractivity contribution >= 4 is 0 Å². The molecule has 0 aromatic heterocycles. The number of hydrogen-bond donors (Lipinski definition) is 8. The lowest BCUT2D eigenvalue weighted by atomic mass is 9.95. The summed E-state index contributed by atoms with van der Waals surface area (Å²) in [5.41, 5.74) is 0. The van der Waals surface area contributed by atoms with Crippen LogP contribution in [0.25, 0.3) is 0 Å². The molecule has 11 heteroatoms. The Hall–Kier alpha value is -0.440. The first-order chi connectivity index (χ1) is 12.2. The van der Waals surface area contributed by atoms with Gasteiger partial charge in [-0.25, -0.2) is 0 Å². The molecule has 0 radical (unpaired) electrons. The predicted octanol–water partition coefficient (Wildman–Crippen LogP) is -4.33. The van der Waals surface area contributed by atoms with E-state index in [1.807, 2.05) is 0 Å². The molecule has 0 spiro atoms. The molecule has 0 aromatic rings. The number of hydrogen-bond acceptors (Lipinski definition) is 11. The van der Waals surface area contributed by atoms with E-state index in [9.17, 15) is 30.6 Å². The zero-order valence-electron chi connectivity index (χ0n) is 14.7. The second-order valence-corrected chi connectivity index (χ2v) is 6.16. The Balaban J connectivity index is 0.00000105. The fourth-order valence-electron chi connectivity index (χ4n) is 2.78. The predicted molar refractivity (Wildman–Crippen MR) is 84.8 cm³/mol. The summed E-state index contributed by atoms with van der Waals surface area (Å²) < 4.78 is 15.9. The Morgan fingerprint density at radius 2 is 1.27 bits per heavy atom. The molecule has 2 fully saturated rings. The lowest BCUT2D eigenvalue weighted by Gasteiger charge is -2.45. The van der Waals surface area contributed by atoms with Crippen LogP contribution in [0.1, 0.15) is 13.8 Å². The van der Waals surface area contributed by atoms with E-state index in [4.69, 9.17) is 24.4 Å². The molecule has 26 heavy (non-hydrogen) atoms. The fourth-order valence-corrected chi connectivity index (χ4v) is 2.78. The van der Waals surface area contributed by atoms with Crippen LogP contribution < -0.4 is 0 Å². The molecule has 0 aliphatic carbocycles. The van der Waals surface area contributed by atoms with Gasteiger partial charge in [-0.2, -0.15) is 0 Å². The summed E-state index contributed by atoms with van der Waals surface area (Å²) in [4.78, 5) is 0. The molecule has 2 aliphatic heterocycles. The van der Waals surface area contributed by atoms with Gasteiger partial charge in [0, 0.05) is 6.61 Å². The van der Waals surface area contributed by atoms with Gasteiger partial charge in [-0.3, -0.25) is 0 Å². The van der Waals surface area contributed by atoms with Gasteiger partial charge in [0.05, 0.1) is 19.3 Å². The van der Waals surface area contributed by atoms with Crippen molar-refractivity contribution in [2.45, 2.75) is 75.1 Å². The van der Waals surface area contributed by atoms with Gasteiger partial charge in [0.1, 0.15) is 48.8 Å². The average molecular weight is 386 g/mol. The fraction of sp³-hybridized carbons (Fsp3) is 1.00. The molecule has 8 N–H and O–H groups in total. The molecule has 2 rings (SSSR count). The Labute approximate surface area is 151 Å². The third kappa shape index (κ3) is 5.30. The zero-order valence-corrected chi connectivity index (χ0v) is 14.7. The molecule has 2 aliphatic rings. The number of ether oxygens (including phenoxy) is 3. The topological polar surface area (TPSA) is 190 Å². The van der Waals surface area contributed by atoms with Crippen LogP contribution in [0.15, 0.2) is 0 Å². The van der Waals surface area contributed by atoms with Crippen molar-refractivity contribution in [1.82, 2.24) is 0 Å². The highest BCUT2D eigenvalue weighted by molar-refractivity contribution is 4.94. The van der Waals surface area contributed by atoms with Crippen LogP contribution in [0.5, 0.6) is 0 Å². The van der Waals surface area contributed by atoms with Crippen molar-refractivity contribution in [3.63, 3.8) is 0 Å². The summed E-state index contributed by atoms with van der Waals surface area (Å²) >= 11 is 0. The van der Waals surface area contributed by atoms with E-state index < -0.39 is 74.4 Å². The van der Waals surface area contributed by atoms with Crippen LogP contribution in [0.4, 0.5) is 0 Å². The molecule has 0 aromatic carbocycles. The van der Waals surface area contributed by atoms with E-state index in [1.165, 1.54) is 6.92 Å². The molecular weight excluding hydrogens is 356 g/mol. The van der Waals surface area contributed by atoms with Crippen molar-refractivity contribution in [2.24, 2.45) is 0 Å². The average Bonchev–Trinajstić information content (AvgIpc) is 2.62. The molecule has 9 unspecified atom stereocenters. The van der Waals surface area contributed by atoms with Gasteiger partial charge in [-0.15, -0.1) is 0 Å². The van der Waals surface area contributed by atoms with E-state index in [0.717, 1.165) is 0 Å².